The van der Waals surface area contributed by atoms with Crippen LogP contribution in [0.5, 0.6) is 5.75 Å². The summed E-state index contributed by atoms with van der Waals surface area (Å²) in [5.74, 6) is 0.279. The number of carbonyl (C=O) groups is 4. The van der Waals surface area contributed by atoms with Gasteiger partial charge in [-0.05, 0) is 64.9 Å². The highest BCUT2D eigenvalue weighted by Gasteiger charge is 2.39. The van der Waals surface area contributed by atoms with Gasteiger partial charge < -0.3 is 38.8 Å². The van der Waals surface area contributed by atoms with Gasteiger partial charge in [-0.15, -0.1) is 11.6 Å². The summed E-state index contributed by atoms with van der Waals surface area (Å²) >= 11 is 6.30. The zero-order valence-corrected chi connectivity index (χ0v) is 36.6. The van der Waals surface area contributed by atoms with Crippen LogP contribution in [0.2, 0.25) is 0 Å². The molecule has 1 saturated heterocycles. The molecule has 4 aromatic rings. The number of rotatable bonds is 26. The molecule has 0 aromatic heterocycles. The van der Waals surface area contributed by atoms with E-state index in [4.69, 9.17) is 35.3 Å². The van der Waals surface area contributed by atoms with Crippen LogP contribution in [0, 0.1) is 0 Å². The minimum Gasteiger partial charge on any atom is -0.492 e. The molecule has 14 heteroatoms. The number of likely N-dealkylation sites (N-methyl/N-ethyl adjacent to an activating group) is 1. The third-order valence-corrected chi connectivity index (χ3v) is 11.0. The standard InChI is InChI=1S/C49H57ClN4O9/c1-53(25-28-63-39-17-15-38(16-18-39)47(37-11-6-3-7-12-37)40(21-23-50)36-9-4-2-5-10-36)46(56)22-26-59-29-31-61-33-34-62-32-30-60-27-24-51-43-14-8-13-41-42(43)35-54(49(41)58)44-19-20-45(55)52-48(44)57/h2-18,44,51H,19-35H2,1H3,(H,52,55,57)/b47-40-. The molecule has 0 bridgehead atoms. The number of hydrogen-bond donors (Lipinski definition) is 2. The Labute approximate surface area is 374 Å². The fraction of sp³-hybridized carbons (Fsp3) is 0.388. The monoisotopic (exact) mass is 880 g/mol. The van der Waals surface area contributed by atoms with Crippen LogP contribution in [0.4, 0.5) is 5.69 Å². The highest BCUT2D eigenvalue weighted by molar-refractivity contribution is 6.18. The van der Waals surface area contributed by atoms with Crippen molar-refractivity contribution in [2.24, 2.45) is 0 Å². The van der Waals surface area contributed by atoms with E-state index in [-0.39, 0.29) is 30.6 Å². The summed E-state index contributed by atoms with van der Waals surface area (Å²) in [5, 5.41) is 5.66. The highest BCUT2D eigenvalue weighted by atomic mass is 35.5. The van der Waals surface area contributed by atoms with Gasteiger partial charge in [0.25, 0.3) is 5.91 Å². The molecule has 0 radical (unpaired) electrons. The SMILES string of the molecule is CN(CCOc1ccc(/C(=C(/CCCl)c2ccccc2)c2ccccc2)cc1)C(=O)CCOCCOCCOCCOCCNc1cccc2c1CN(C1CCC(=O)NC1=O)C2=O. The van der Waals surface area contributed by atoms with E-state index in [1.54, 1.807) is 18.0 Å². The van der Waals surface area contributed by atoms with Crippen LogP contribution in [-0.2, 0) is 39.9 Å². The Kier molecular flexibility index (Phi) is 18.6. The average Bonchev–Trinajstić information content (AvgIpc) is 3.64. The number of alkyl halides is 1. The summed E-state index contributed by atoms with van der Waals surface area (Å²) in [6, 6.07) is 33.6. The molecule has 1 atom stereocenters. The predicted molar refractivity (Wildman–Crippen MR) is 243 cm³/mol. The average molecular weight is 881 g/mol. The van der Waals surface area contributed by atoms with Crippen molar-refractivity contribution in [3.63, 3.8) is 0 Å². The molecule has 4 amide bonds. The van der Waals surface area contributed by atoms with Gasteiger partial charge in [-0.2, -0.15) is 0 Å². The van der Waals surface area contributed by atoms with E-state index < -0.39 is 11.9 Å². The number of hydrogen-bond acceptors (Lipinski definition) is 10. The quantitative estimate of drug-likeness (QED) is 0.0313. The Morgan fingerprint density at radius 2 is 1.35 bits per heavy atom. The molecule has 1 fully saturated rings. The Hall–Kier alpha value is -5.57. The largest absolute Gasteiger partial charge is 0.492 e. The molecule has 0 spiro atoms. The summed E-state index contributed by atoms with van der Waals surface area (Å²) < 4.78 is 28.5. The molecule has 6 rings (SSSR count). The molecule has 13 nitrogen and oxygen atoms in total. The van der Waals surface area contributed by atoms with Crippen LogP contribution >= 0.6 is 11.6 Å². The lowest BCUT2D eigenvalue weighted by molar-refractivity contribution is -0.137. The number of benzene rings is 4. The summed E-state index contributed by atoms with van der Waals surface area (Å²) in [6.07, 6.45) is 1.54. The van der Waals surface area contributed by atoms with Gasteiger partial charge in [0.05, 0.1) is 65.8 Å². The first-order valence-electron chi connectivity index (χ1n) is 21.5. The molecule has 0 saturated carbocycles. The second kappa shape index (κ2) is 24.9. The van der Waals surface area contributed by atoms with E-state index in [0.29, 0.717) is 97.0 Å². The maximum Gasteiger partial charge on any atom is 0.255 e. The maximum atomic E-state index is 13.0. The van der Waals surface area contributed by atoms with Crippen molar-refractivity contribution in [2.45, 2.75) is 38.3 Å². The fourth-order valence-electron chi connectivity index (χ4n) is 7.53. The van der Waals surface area contributed by atoms with Gasteiger partial charge >= 0.3 is 0 Å². The van der Waals surface area contributed by atoms with Crippen molar-refractivity contribution in [3.05, 3.63) is 131 Å². The topological polar surface area (TPSA) is 145 Å². The smallest absolute Gasteiger partial charge is 0.255 e. The van der Waals surface area contributed by atoms with Crippen molar-refractivity contribution in [1.29, 1.82) is 0 Å². The minimum atomic E-state index is -0.649. The molecule has 2 N–H and O–H groups in total. The summed E-state index contributed by atoms with van der Waals surface area (Å²) in [4.78, 5) is 52.8. The molecular formula is C49H57ClN4O9. The number of nitrogens with one attached hydrogen (secondary N) is 2. The second-order valence-corrected chi connectivity index (χ2v) is 15.4. The molecule has 2 aliphatic heterocycles. The minimum absolute atomic E-state index is 0.0231. The van der Waals surface area contributed by atoms with Crippen molar-refractivity contribution < 1.29 is 42.9 Å². The number of piperidine rings is 1. The summed E-state index contributed by atoms with van der Waals surface area (Å²) in [6.45, 7) is 4.82. The second-order valence-electron chi connectivity index (χ2n) is 15.1. The van der Waals surface area contributed by atoms with Crippen LogP contribution in [0.15, 0.2) is 103 Å². The molecule has 1 unspecified atom stereocenters. The van der Waals surface area contributed by atoms with E-state index in [2.05, 4.69) is 47.0 Å². The van der Waals surface area contributed by atoms with Crippen molar-refractivity contribution >= 4 is 52.1 Å². The van der Waals surface area contributed by atoms with Gasteiger partial charge in [0.1, 0.15) is 18.4 Å². The van der Waals surface area contributed by atoms with E-state index >= 15 is 0 Å². The number of nitrogens with zero attached hydrogens (tertiary/aromatic N) is 2. The molecule has 63 heavy (non-hydrogen) atoms. The van der Waals surface area contributed by atoms with Crippen molar-refractivity contribution in [3.8, 4) is 5.75 Å². The Morgan fingerprint density at radius 3 is 2.00 bits per heavy atom. The van der Waals surface area contributed by atoms with Crippen LogP contribution in [0.1, 0.15) is 58.3 Å². The number of amides is 4. The van der Waals surface area contributed by atoms with Crippen molar-refractivity contribution in [1.82, 2.24) is 15.1 Å². The summed E-state index contributed by atoms with van der Waals surface area (Å²) in [5.41, 5.74) is 7.89. The molecule has 2 heterocycles. The van der Waals surface area contributed by atoms with Gasteiger partial charge in [0.15, 0.2) is 0 Å². The number of halogens is 1. The lowest BCUT2D eigenvalue weighted by atomic mass is 9.88. The van der Waals surface area contributed by atoms with Crippen LogP contribution in [-0.4, -0.2) is 125 Å². The Bertz CT molecular complexity index is 2140. The van der Waals surface area contributed by atoms with Crippen molar-refractivity contribution in [2.75, 3.05) is 90.8 Å². The van der Waals surface area contributed by atoms with Crippen LogP contribution in [0.3, 0.4) is 0 Å². The third-order valence-electron chi connectivity index (χ3n) is 10.8. The zero-order chi connectivity index (χ0) is 44.2. The number of anilines is 1. The fourth-order valence-corrected chi connectivity index (χ4v) is 7.72. The Balaban J connectivity index is 0.777. The molecule has 2 aliphatic rings. The summed E-state index contributed by atoms with van der Waals surface area (Å²) in [7, 11) is 1.76. The first kappa shape index (κ1) is 46.9. The number of carbonyl (C=O) groups excluding carboxylic acids is 4. The first-order chi connectivity index (χ1) is 30.8. The lowest BCUT2D eigenvalue weighted by Crippen LogP contribution is -2.52. The van der Waals surface area contributed by atoms with Gasteiger partial charge in [-0.1, -0.05) is 78.9 Å². The third kappa shape index (κ3) is 13.7. The molecule has 334 valence electrons. The number of fused-ring (bicyclic) bond motifs is 1. The number of ether oxygens (including phenoxy) is 5. The van der Waals surface area contributed by atoms with Gasteiger partial charge in [0, 0.05) is 49.3 Å². The molecule has 0 aliphatic carbocycles. The van der Waals surface area contributed by atoms with Gasteiger partial charge in [-0.25, -0.2) is 0 Å². The van der Waals surface area contributed by atoms with Crippen LogP contribution in [0.25, 0.3) is 11.1 Å². The molecular weight excluding hydrogens is 824 g/mol. The van der Waals surface area contributed by atoms with E-state index in [9.17, 15) is 19.2 Å². The van der Waals surface area contributed by atoms with Gasteiger partial charge in [0.2, 0.25) is 17.7 Å². The van der Waals surface area contributed by atoms with E-state index in [1.807, 2.05) is 60.7 Å². The normalized spacial score (nSPS) is 15.2. The molecule has 4 aromatic carbocycles. The van der Waals surface area contributed by atoms with E-state index in [0.717, 1.165) is 45.7 Å². The number of imide groups is 1. The number of allylic oxidation sites excluding steroid dienone is 1. The Morgan fingerprint density at radius 1 is 0.730 bits per heavy atom. The van der Waals surface area contributed by atoms with Gasteiger partial charge in [-0.3, -0.25) is 24.5 Å². The predicted octanol–water partition coefficient (Wildman–Crippen LogP) is 6.44. The first-order valence-corrected chi connectivity index (χ1v) is 22.1. The van der Waals surface area contributed by atoms with E-state index in [1.165, 1.54) is 10.5 Å². The van der Waals surface area contributed by atoms with Crippen LogP contribution < -0.4 is 15.4 Å². The highest BCUT2D eigenvalue weighted by Crippen LogP contribution is 2.36. The zero-order valence-electron chi connectivity index (χ0n) is 35.9. The maximum absolute atomic E-state index is 13.0. The lowest BCUT2D eigenvalue weighted by Gasteiger charge is -2.29.